The second kappa shape index (κ2) is 6.25. The van der Waals surface area contributed by atoms with Crippen molar-refractivity contribution in [1.82, 2.24) is 10.3 Å². The summed E-state index contributed by atoms with van der Waals surface area (Å²) >= 11 is 1.09. The Morgan fingerprint density at radius 2 is 2.11 bits per heavy atom. The molecule has 0 saturated heterocycles. The number of hydrogen-bond acceptors (Lipinski definition) is 6. The number of rotatable bonds is 6. The molecule has 0 aromatic carbocycles. The van der Waals surface area contributed by atoms with Crippen molar-refractivity contribution in [2.24, 2.45) is 5.73 Å². The van der Waals surface area contributed by atoms with Gasteiger partial charge in [0.25, 0.3) is 0 Å². The lowest BCUT2D eigenvalue weighted by Crippen LogP contribution is -2.42. The standard InChI is InChI=1S/C10H13N3O5S/c1-4(9-13-6(3-19-9)10(17)18)12-8(16)5(11)2-7(14)15/h3-5H,2,11H2,1H3,(H,12,16)(H,14,15)(H,17,18). The number of carboxylic acid groups (broad SMARTS) is 2. The summed E-state index contributed by atoms with van der Waals surface area (Å²) in [6.45, 7) is 1.61. The van der Waals surface area contributed by atoms with E-state index in [2.05, 4.69) is 10.3 Å². The topological polar surface area (TPSA) is 143 Å². The number of aromatic nitrogens is 1. The van der Waals surface area contributed by atoms with Crippen molar-refractivity contribution in [3.05, 3.63) is 16.1 Å². The maximum atomic E-state index is 11.6. The number of nitrogens with one attached hydrogen (secondary N) is 1. The van der Waals surface area contributed by atoms with Gasteiger partial charge in [0.05, 0.1) is 18.5 Å². The van der Waals surface area contributed by atoms with Gasteiger partial charge in [0.1, 0.15) is 5.01 Å². The van der Waals surface area contributed by atoms with Crippen molar-refractivity contribution in [2.45, 2.75) is 25.4 Å². The Hall–Kier alpha value is -2.00. The van der Waals surface area contributed by atoms with Crippen molar-refractivity contribution < 1.29 is 24.6 Å². The fourth-order valence-electron chi connectivity index (χ4n) is 1.25. The Balaban J connectivity index is 2.63. The summed E-state index contributed by atoms with van der Waals surface area (Å²) in [6.07, 6.45) is -0.475. The average molecular weight is 287 g/mol. The van der Waals surface area contributed by atoms with Crippen LogP contribution in [0.2, 0.25) is 0 Å². The number of carbonyl (C=O) groups excluding carboxylic acids is 1. The summed E-state index contributed by atoms with van der Waals surface area (Å²) in [6, 6.07) is -1.69. The van der Waals surface area contributed by atoms with E-state index in [4.69, 9.17) is 15.9 Å². The van der Waals surface area contributed by atoms with Gasteiger partial charge in [-0.2, -0.15) is 0 Å². The third-order valence-corrected chi connectivity index (χ3v) is 3.23. The second-order valence-corrected chi connectivity index (χ2v) is 4.70. The molecule has 0 aliphatic carbocycles. The van der Waals surface area contributed by atoms with Crippen molar-refractivity contribution in [2.75, 3.05) is 0 Å². The minimum atomic E-state index is -1.17. The van der Waals surface area contributed by atoms with Crippen LogP contribution in [0.3, 0.4) is 0 Å². The molecule has 0 saturated carbocycles. The molecule has 0 aliphatic rings. The molecule has 9 heteroatoms. The average Bonchev–Trinajstić information content (AvgIpc) is 2.77. The van der Waals surface area contributed by atoms with E-state index in [0.29, 0.717) is 5.01 Å². The number of carboxylic acids is 2. The quantitative estimate of drug-likeness (QED) is 0.568. The molecular weight excluding hydrogens is 274 g/mol. The number of carbonyl (C=O) groups is 3. The van der Waals surface area contributed by atoms with Crippen LogP contribution in [0.25, 0.3) is 0 Å². The highest BCUT2D eigenvalue weighted by Crippen LogP contribution is 2.18. The molecule has 19 heavy (non-hydrogen) atoms. The van der Waals surface area contributed by atoms with Crippen LogP contribution in [0.5, 0.6) is 0 Å². The Bertz CT molecular complexity index is 501. The summed E-state index contributed by atoms with van der Waals surface area (Å²) in [5, 5.41) is 21.5. The van der Waals surface area contributed by atoms with E-state index >= 15 is 0 Å². The van der Waals surface area contributed by atoms with Gasteiger partial charge in [0.2, 0.25) is 5.91 Å². The summed E-state index contributed by atoms with van der Waals surface area (Å²) in [5.41, 5.74) is 5.29. The monoisotopic (exact) mass is 287 g/mol. The molecule has 0 fully saturated rings. The second-order valence-electron chi connectivity index (χ2n) is 3.81. The molecule has 1 rings (SSSR count). The smallest absolute Gasteiger partial charge is 0.355 e. The SMILES string of the molecule is CC(NC(=O)C(N)CC(=O)O)c1nc(C(=O)O)cs1. The van der Waals surface area contributed by atoms with Gasteiger partial charge >= 0.3 is 11.9 Å². The zero-order valence-corrected chi connectivity index (χ0v) is 10.8. The Labute approximate surface area is 112 Å². The van der Waals surface area contributed by atoms with E-state index in [0.717, 1.165) is 11.3 Å². The fraction of sp³-hybridized carbons (Fsp3) is 0.400. The van der Waals surface area contributed by atoms with Crippen molar-refractivity contribution in [3.8, 4) is 0 Å². The minimum absolute atomic E-state index is 0.101. The van der Waals surface area contributed by atoms with E-state index < -0.39 is 36.4 Å². The first-order valence-corrected chi connectivity index (χ1v) is 6.15. The number of aliphatic carboxylic acids is 1. The van der Waals surface area contributed by atoms with Gasteiger partial charge in [-0.05, 0) is 6.92 Å². The van der Waals surface area contributed by atoms with Crippen molar-refractivity contribution >= 4 is 29.2 Å². The first-order valence-electron chi connectivity index (χ1n) is 5.27. The molecule has 0 spiro atoms. The maximum Gasteiger partial charge on any atom is 0.355 e. The van der Waals surface area contributed by atoms with Crippen LogP contribution in [-0.2, 0) is 9.59 Å². The Morgan fingerprint density at radius 3 is 2.58 bits per heavy atom. The van der Waals surface area contributed by atoms with E-state index in [-0.39, 0.29) is 5.69 Å². The first-order chi connectivity index (χ1) is 8.81. The van der Waals surface area contributed by atoms with Crippen LogP contribution >= 0.6 is 11.3 Å². The van der Waals surface area contributed by atoms with Crippen LogP contribution < -0.4 is 11.1 Å². The van der Waals surface area contributed by atoms with E-state index in [9.17, 15) is 14.4 Å². The van der Waals surface area contributed by atoms with E-state index in [1.54, 1.807) is 6.92 Å². The van der Waals surface area contributed by atoms with Crippen molar-refractivity contribution in [3.63, 3.8) is 0 Å². The van der Waals surface area contributed by atoms with Gasteiger partial charge in [0, 0.05) is 5.38 Å². The molecule has 2 atom stereocenters. The molecule has 1 aromatic rings. The minimum Gasteiger partial charge on any atom is -0.481 e. The number of nitrogens with zero attached hydrogens (tertiary/aromatic N) is 1. The normalized spacial score (nSPS) is 13.6. The first kappa shape index (κ1) is 15.1. The third-order valence-electron chi connectivity index (χ3n) is 2.20. The molecule has 0 radical (unpaired) electrons. The maximum absolute atomic E-state index is 11.6. The van der Waals surface area contributed by atoms with Gasteiger partial charge in [-0.3, -0.25) is 9.59 Å². The number of amides is 1. The van der Waals surface area contributed by atoms with E-state index in [1.165, 1.54) is 5.38 Å². The predicted molar refractivity (Wildman–Crippen MR) is 65.9 cm³/mol. The molecular formula is C10H13N3O5S. The third kappa shape index (κ3) is 4.30. The van der Waals surface area contributed by atoms with Crippen LogP contribution in [0.15, 0.2) is 5.38 Å². The molecule has 5 N–H and O–H groups in total. The zero-order valence-electron chi connectivity index (χ0n) is 9.99. The molecule has 1 heterocycles. The van der Waals surface area contributed by atoms with Gasteiger partial charge < -0.3 is 21.3 Å². The fourth-order valence-corrected chi connectivity index (χ4v) is 2.05. The molecule has 104 valence electrons. The number of aromatic carboxylic acids is 1. The lowest BCUT2D eigenvalue weighted by molar-refractivity contribution is -0.139. The summed E-state index contributed by atoms with van der Waals surface area (Å²) in [5.74, 6) is -2.94. The van der Waals surface area contributed by atoms with Crippen LogP contribution in [0.1, 0.15) is 34.9 Å². The van der Waals surface area contributed by atoms with Gasteiger partial charge in [-0.25, -0.2) is 9.78 Å². The lowest BCUT2D eigenvalue weighted by atomic mass is 10.2. The van der Waals surface area contributed by atoms with Crippen LogP contribution in [0.4, 0.5) is 0 Å². The molecule has 0 aliphatic heterocycles. The molecule has 1 aromatic heterocycles. The van der Waals surface area contributed by atoms with Gasteiger partial charge in [0.15, 0.2) is 5.69 Å². The van der Waals surface area contributed by atoms with Crippen LogP contribution in [0, 0.1) is 0 Å². The highest BCUT2D eigenvalue weighted by Gasteiger charge is 2.21. The summed E-state index contributed by atoms with van der Waals surface area (Å²) in [7, 11) is 0. The molecule has 8 nitrogen and oxygen atoms in total. The van der Waals surface area contributed by atoms with E-state index in [1.807, 2.05) is 0 Å². The molecule has 0 bridgehead atoms. The highest BCUT2D eigenvalue weighted by molar-refractivity contribution is 7.09. The zero-order chi connectivity index (χ0) is 14.6. The predicted octanol–water partition coefficient (Wildman–Crippen LogP) is -0.180. The van der Waals surface area contributed by atoms with Crippen LogP contribution in [-0.4, -0.2) is 39.1 Å². The Kier molecular flexibility index (Phi) is 4.95. The number of hydrogen-bond donors (Lipinski definition) is 4. The highest BCUT2D eigenvalue weighted by atomic mass is 32.1. The molecule has 1 amide bonds. The lowest BCUT2D eigenvalue weighted by Gasteiger charge is -2.14. The summed E-state index contributed by atoms with van der Waals surface area (Å²) < 4.78 is 0. The van der Waals surface area contributed by atoms with Crippen molar-refractivity contribution in [1.29, 1.82) is 0 Å². The van der Waals surface area contributed by atoms with Gasteiger partial charge in [-0.1, -0.05) is 0 Å². The van der Waals surface area contributed by atoms with Gasteiger partial charge in [-0.15, -0.1) is 11.3 Å². The Morgan fingerprint density at radius 1 is 1.47 bits per heavy atom. The number of thiazole rings is 1. The number of nitrogens with two attached hydrogens (primary N) is 1. The molecule has 2 unspecified atom stereocenters. The summed E-state index contributed by atoms with van der Waals surface area (Å²) in [4.78, 5) is 36.5. The largest absolute Gasteiger partial charge is 0.481 e.